The monoisotopic (exact) mass is 731 g/mol. The number of anilines is 2. The first kappa shape index (κ1) is 31.5. The summed E-state index contributed by atoms with van der Waals surface area (Å²) in [4.78, 5) is 52.9. The molecule has 0 radical (unpaired) electrons. The minimum absolute atomic E-state index is 0.0602. The summed E-state index contributed by atoms with van der Waals surface area (Å²) in [6.45, 7) is -1.08. The summed E-state index contributed by atoms with van der Waals surface area (Å²) < 4.78 is 62.8. The number of thioether (sulfide) groups is 1. The number of nitrogen functional groups attached to an aromatic ring is 2. The molecule has 0 aromatic carbocycles. The molecule has 3 aliphatic heterocycles. The molecule has 0 amide bonds. The number of H-pyrrole nitrogens is 1. The molecule has 26 heteroatoms. The van der Waals surface area contributed by atoms with Crippen LogP contribution in [0.2, 0.25) is 0 Å². The number of alkyl halides is 2. The Hall–Kier alpha value is -2.08. The maximum atomic E-state index is 16.0. The molecule has 45 heavy (non-hydrogen) atoms. The number of hydrogen-bond donors (Lipinski definition) is 7. The Morgan fingerprint density at radius 1 is 1.02 bits per heavy atom. The SMILES string of the molecule is Nc1nc2c(nnn2[C@@H]2S[C@@H]3CO[PH](O)(S)O[C@H]4[C@H](F)[C@H](n5cnc6c(N)ncnc65)O[C@@H]4CO[PH](O)(S)O[C@@H]2[C@@H]3F)c(=O)[nH]1. The van der Waals surface area contributed by atoms with E-state index < -0.39 is 80.6 Å². The molecule has 4 aromatic heterocycles. The number of nitrogens with zero attached hydrogens (tertiary/aromatic N) is 8. The van der Waals surface area contributed by atoms with Crippen LogP contribution in [0.15, 0.2) is 17.4 Å². The van der Waals surface area contributed by atoms with Crippen molar-refractivity contribution in [3.63, 3.8) is 0 Å². The third kappa shape index (κ3) is 5.74. The number of nitrogens with two attached hydrogens (primary N) is 2. The van der Waals surface area contributed by atoms with E-state index in [9.17, 15) is 14.6 Å². The van der Waals surface area contributed by atoms with Crippen LogP contribution in [0.4, 0.5) is 20.5 Å². The van der Waals surface area contributed by atoms with E-state index >= 15 is 8.78 Å². The van der Waals surface area contributed by atoms with Gasteiger partial charge >= 0.3 is 266 Å². The van der Waals surface area contributed by atoms with Crippen molar-refractivity contribution in [2.24, 2.45) is 0 Å². The number of aromatic nitrogens is 9. The molecule has 4 aromatic rings. The zero-order valence-electron chi connectivity index (χ0n) is 22.3. The third-order valence-electron chi connectivity index (χ3n) is 7.24. The van der Waals surface area contributed by atoms with E-state index in [-0.39, 0.29) is 34.1 Å². The van der Waals surface area contributed by atoms with Gasteiger partial charge in [-0.25, -0.2) is 0 Å². The van der Waals surface area contributed by atoms with Crippen molar-refractivity contribution < 1.29 is 41.4 Å². The third-order valence-corrected chi connectivity index (χ3v) is 12.4. The Labute approximate surface area is 265 Å². The Morgan fingerprint density at radius 3 is 2.53 bits per heavy atom. The number of ether oxygens (including phenoxy) is 1. The molecule has 7 rings (SSSR count). The van der Waals surface area contributed by atoms with Crippen LogP contribution < -0.4 is 17.0 Å². The minimum atomic E-state index is -4.54. The predicted molar refractivity (Wildman–Crippen MR) is 165 cm³/mol. The number of nitrogens with one attached hydrogen (secondary N) is 1. The van der Waals surface area contributed by atoms with Crippen molar-refractivity contribution in [2.75, 3.05) is 24.7 Å². The Balaban J connectivity index is 1.20. The van der Waals surface area contributed by atoms with Crippen LogP contribution in [0.5, 0.6) is 0 Å². The van der Waals surface area contributed by atoms with Gasteiger partial charge in [0.15, 0.2) is 0 Å². The molecule has 7 heterocycles. The van der Waals surface area contributed by atoms with E-state index in [1.54, 1.807) is 0 Å². The fourth-order valence-corrected chi connectivity index (χ4v) is 10.2. The topological polar surface area (TPSA) is 259 Å². The molecule has 0 unspecified atom stereocenters. The van der Waals surface area contributed by atoms with Gasteiger partial charge in [-0.2, -0.15) is 0 Å². The predicted octanol–water partition coefficient (Wildman–Crippen LogP) is 0.188. The number of aromatic amines is 1. The van der Waals surface area contributed by atoms with Gasteiger partial charge in [0.25, 0.3) is 0 Å². The Bertz CT molecular complexity index is 1820. The number of rotatable bonds is 2. The van der Waals surface area contributed by atoms with E-state index in [0.717, 1.165) is 16.4 Å². The van der Waals surface area contributed by atoms with Gasteiger partial charge in [-0.05, 0) is 0 Å². The molecule has 7 N–H and O–H groups in total. The van der Waals surface area contributed by atoms with E-state index in [2.05, 4.69) is 59.7 Å². The van der Waals surface area contributed by atoms with Gasteiger partial charge in [-0.15, -0.1) is 0 Å². The van der Waals surface area contributed by atoms with Crippen LogP contribution in [-0.2, 0) is 22.8 Å². The summed E-state index contributed by atoms with van der Waals surface area (Å²) in [5.74, 6) is -0.178. The molecular formula is C19H25F2N11O8P2S3. The van der Waals surface area contributed by atoms with Gasteiger partial charge in [0.2, 0.25) is 0 Å². The first-order valence-electron chi connectivity index (χ1n) is 13.0. The average Bonchev–Trinajstić information content (AvgIpc) is 3.72. The van der Waals surface area contributed by atoms with E-state index in [1.165, 1.54) is 17.2 Å². The fraction of sp³-hybridized carbons (Fsp3) is 0.526. The van der Waals surface area contributed by atoms with E-state index in [0.29, 0.717) is 0 Å². The van der Waals surface area contributed by atoms with Crippen molar-refractivity contribution in [3.8, 4) is 0 Å². The van der Waals surface area contributed by atoms with Gasteiger partial charge in [0.1, 0.15) is 0 Å². The summed E-state index contributed by atoms with van der Waals surface area (Å²) in [6, 6.07) is 0. The van der Waals surface area contributed by atoms with Gasteiger partial charge in [-0.3, -0.25) is 0 Å². The number of thiol groups is 2. The molecule has 3 aliphatic rings. The molecule has 0 saturated carbocycles. The standard InChI is InChI=1S/C19H25F2N11O8P2S3/c20-7-6-2-37-42(35,44)39-11-5(38-17(8(11)21)31-4-26-9-13(22)24-3-25-14(9)31)1-36-41(34,43)40-12(7)18(45-6)32-15-10(29-30-32)16(33)28-19(23)27-15/h3-8,11-12,17-18,34-35,41-44H,1-2H2,(H2,22,24,25)(H3,23,27,28,33)/t5-,6-,7-,8+,11-,12-,17-,18-/m1/s1. The number of imidazole rings is 1. The van der Waals surface area contributed by atoms with E-state index in [1.807, 2.05) is 0 Å². The molecule has 0 spiro atoms. The van der Waals surface area contributed by atoms with Crippen LogP contribution in [0.1, 0.15) is 11.6 Å². The zero-order chi connectivity index (χ0) is 31.8. The number of fused-ring (bicyclic) bond motifs is 5. The molecule has 2 bridgehead atoms. The summed E-state index contributed by atoms with van der Waals surface area (Å²) >= 11 is 9.22. The van der Waals surface area contributed by atoms with E-state index in [4.69, 9.17) is 34.3 Å². The average molecular weight is 732 g/mol. The van der Waals surface area contributed by atoms with Crippen molar-refractivity contribution in [3.05, 3.63) is 23.0 Å². The van der Waals surface area contributed by atoms with Crippen LogP contribution in [0, 0.1) is 0 Å². The van der Waals surface area contributed by atoms with Gasteiger partial charge in [0.05, 0.1) is 0 Å². The summed E-state index contributed by atoms with van der Waals surface area (Å²) in [5, 5.41) is 5.57. The molecule has 3 fully saturated rings. The second-order valence-electron chi connectivity index (χ2n) is 10.1. The zero-order valence-corrected chi connectivity index (χ0v) is 26.9. The molecule has 3 saturated heterocycles. The second kappa shape index (κ2) is 11.6. The van der Waals surface area contributed by atoms with Crippen molar-refractivity contribution in [1.82, 2.24) is 44.5 Å². The van der Waals surface area contributed by atoms with Gasteiger partial charge in [0, 0.05) is 0 Å². The van der Waals surface area contributed by atoms with Gasteiger partial charge in [-0.1, -0.05) is 0 Å². The number of hydrogen-bond acceptors (Lipinski definition) is 19. The summed E-state index contributed by atoms with van der Waals surface area (Å²) in [7, 11) is -9.03. The van der Waals surface area contributed by atoms with Crippen LogP contribution in [-0.4, -0.2) is 103 Å². The molecule has 246 valence electrons. The Morgan fingerprint density at radius 2 is 1.76 bits per heavy atom. The summed E-state index contributed by atoms with van der Waals surface area (Å²) in [5.41, 5.74) is 11.0. The molecule has 8 atom stereocenters. The van der Waals surface area contributed by atoms with Crippen molar-refractivity contribution >= 4 is 84.6 Å². The van der Waals surface area contributed by atoms with Crippen molar-refractivity contribution in [1.29, 1.82) is 0 Å². The normalized spacial score (nSPS) is 34.9. The van der Waals surface area contributed by atoms with Gasteiger partial charge < -0.3 is 0 Å². The number of halogens is 2. The molecule has 0 aliphatic carbocycles. The van der Waals surface area contributed by atoms with Crippen LogP contribution in [0.25, 0.3) is 22.3 Å². The molecule has 19 nitrogen and oxygen atoms in total. The Kier molecular flexibility index (Phi) is 8.10. The first-order valence-corrected chi connectivity index (χ1v) is 20.0. The molecular weight excluding hydrogens is 706 g/mol. The maximum absolute atomic E-state index is 16.0. The fourth-order valence-electron chi connectivity index (χ4n) is 5.23. The first-order chi connectivity index (χ1) is 21.3. The summed E-state index contributed by atoms with van der Waals surface area (Å²) in [6.07, 6.45) is -7.19. The van der Waals surface area contributed by atoms with Crippen LogP contribution >= 0.6 is 50.5 Å². The van der Waals surface area contributed by atoms with Crippen molar-refractivity contribution in [2.45, 2.75) is 47.5 Å². The second-order valence-corrected chi connectivity index (χ2v) is 18.1. The quantitative estimate of drug-likeness (QED) is 0.107. The van der Waals surface area contributed by atoms with Crippen LogP contribution in [0.3, 0.4) is 0 Å².